The Labute approximate surface area is 164 Å². The lowest BCUT2D eigenvalue weighted by atomic mass is 10.2. The highest BCUT2D eigenvalue weighted by molar-refractivity contribution is 5.94. The first kappa shape index (κ1) is 19.2. The molecule has 1 aromatic heterocycles. The van der Waals surface area contributed by atoms with Crippen molar-refractivity contribution in [3.8, 4) is 11.5 Å². The number of pyridine rings is 1. The predicted molar refractivity (Wildman–Crippen MR) is 109 cm³/mol. The average Bonchev–Trinajstić information content (AvgIpc) is 2.77. The Balaban J connectivity index is 1.53. The molecular weight excluding hydrogens is 354 g/mol. The molecular formula is C22H23N3O3. The van der Waals surface area contributed by atoms with Gasteiger partial charge in [-0.05, 0) is 35.9 Å². The molecule has 3 aromatic rings. The Bertz CT molecular complexity index is 909. The van der Waals surface area contributed by atoms with E-state index in [1.807, 2.05) is 48.5 Å². The zero-order valence-corrected chi connectivity index (χ0v) is 15.9. The number of hydrogen-bond acceptors (Lipinski definition) is 5. The standard InChI is InChI=1S/C22H23N3O3/c1-27-19-10-7-16(8-11-19)13-23-21-12-9-18(15-24-21)22(26)25-14-17-5-3-4-6-20(17)28-2/h3-12,15H,13-14H2,1-2H3,(H,23,24)(H,25,26). The van der Waals surface area contributed by atoms with Crippen LogP contribution in [0.4, 0.5) is 5.82 Å². The summed E-state index contributed by atoms with van der Waals surface area (Å²) in [5.41, 5.74) is 2.54. The third-order valence-corrected chi connectivity index (χ3v) is 4.29. The summed E-state index contributed by atoms with van der Waals surface area (Å²) in [7, 11) is 3.26. The number of anilines is 1. The number of para-hydroxylation sites is 1. The van der Waals surface area contributed by atoms with Crippen molar-refractivity contribution in [2.45, 2.75) is 13.1 Å². The van der Waals surface area contributed by atoms with Gasteiger partial charge in [-0.2, -0.15) is 0 Å². The second-order valence-electron chi connectivity index (χ2n) is 6.13. The maximum Gasteiger partial charge on any atom is 0.253 e. The topological polar surface area (TPSA) is 72.5 Å². The van der Waals surface area contributed by atoms with Gasteiger partial charge in [0.25, 0.3) is 5.91 Å². The van der Waals surface area contributed by atoms with Crippen molar-refractivity contribution >= 4 is 11.7 Å². The van der Waals surface area contributed by atoms with E-state index in [1.54, 1.807) is 32.5 Å². The van der Waals surface area contributed by atoms with Crippen LogP contribution in [0.1, 0.15) is 21.5 Å². The highest BCUT2D eigenvalue weighted by Crippen LogP contribution is 2.17. The molecule has 0 saturated heterocycles. The van der Waals surface area contributed by atoms with Crippen LogP contribution in [0, 0.1) is 0 Å². The van der Waals surface area contributed by atoms with Crippen LogP contribution in [0.15, 0.2) is 66.9 Å². The first-order valence-electron chi connectivity index (χ1n) is 8.92. The van der Waals surface area contributed by atoms with Crippen LogP contribution in [0.25, 0.3) is 0 Å². The van der Waals surface area contributed by atoms with Gasteiger partial charge in [0.15, 0.2) is 0 Å². The zero-order chi connectivity index (χ0) is 19.8. The van der Waals surface area contributed by atoms with E-state index in [2.05, 4.69) is 15.6 Å². The number of nitrogens with one attached hydrogen (secondary N) is 2. The van der Waals surface area contributed by atoms with Crippen molar-refractivity contribution in [3.63, 3.8) is 0 Å². The number of hydrogen-bond donors (Lipinski definition) is 2. The van der Waals surface area contributed by atoms with Gasteiger partial charge < -0.3 is 20.1 Å². The van der Waals surface area contributed by atoms with E-state index < -0.39 is 0 Å². The summed E-state index contributed by atoms with van der Waals surface area (Å²) in [6.07, 6.45) is 1.56. The molecule has 6 heteroatoms. The predicted octanol–water partition coefficient (Wildman–Crippen LogP) is 3.64. The maximum absolute atomic E-state index is 12.3. The first-order valence-corrected chi connectivity index (χ1v) is 8.92. The van der Waals surface area contributed by atoms with E-state index in [-0.39, 0.29) is 5.91 Å². The molecule has 2 aromatic carbocycles. The van der Waals surface area contributed by atoms with Crippen LogP contribution in [-0.4, -0.2) is 25.1 Å². The highest BCUT2D eigenvalue weighted by atomic mass is 16.5. The van der Waals surface area contributed by atoms with Crippen LogP contribution < -0.4 is 20.1 Å². The van der Waals surface area contributed by atoms with Gasteiger partial charge in [0.1, 0.15) is 17.3 Å². The molecule has 0 aliphatic rings. The minimum absolute atomic E-state index is 0.180. The summed E-state index contributed by atoms with van der Waals surface area (Å²) in [6.45, 7) is 1.02. The molecule has 1 heterocycles. The molecule has 0 unspecified atom stereocenters. The maximum atomic E-state index is 12.3. The lowest BCUT2D eigenvalue weighted by Gasteiger charge is -2.10. The molecule has 6 nitrogen and oxygen atoms in total. The zero-order valence-electron chi connectivity index (χ0n) is 15.9. The van der Waals surface area contributed by atoms with Crippen molar-refractivity contribution in [1.82, 2.24) is 10.3 Å². The van der Waals surface area contributed by atoms with Gasteiger partial charge in [0, 0.05) is 24.8 Å². The number of carbonyl (C=O) groups is 1. The molecule has 3 rings (SSSR count). The smallest absolute Gasteiger partial charge is 0.253 e. The summed E-state index contributed by atoms with van der Waals surface area (Å²) in [6, 6.07) is 19.0. The van der Waals surface area contributed by atoms with Gasteiger partial charge in [0.2, 0.25) is 0 Å². The fourth-order valence-electron chi connectivity index (χ4n) is 2.70. The lowest BCUT2D eigenvalue weighted by Crippen LogP contribution is -2.23. The molecule has 0 bridgehead atoms. The van der Waals surface area contributed by atoms with Crippen LogP contribution in [0.2, 0.25) is 0 Å². The number of amides is 1. The Kier molecular flexibility index (Phi) is 6.46. The van der Waals surface area contributed by atoms with E-state index in [1.165, 1.54) is 0 Å². The molecule has 2 N–H and O–H groups in total. The second-order valence-corrected chi connectivity index (χ2v) is 6.13. The molecule has 1 amide bonds. The van der Waals surface area contributed by atoms with E-state index in [0.717, 1.165) is 22.6 Å². The van der Waals surface area contributed by atoms with Crippen molar-refractivity contribution in [2.75, 3.05) is 19.5 Å². The number of methoxy groups -OCH3 is 2. The number of benzene rings is 2. The van der Waals surface area contributed by atoms with Crippen LogP contribution in [0.3, 0.4) is 0 Å². The molecule has 0 saturated carbocycles. The van der Waals surface area contributed by atoms with Crippen LogP contribution >= 0.6 is 0 Å². The largest absolute Gasteiger partial charge is 0.497 e. The van der Waals surface area contributed by atoms with E-state index >= 15 is 0 Å². The second kappa shape index (κ2) is 9.41. The Morgan fingerprint density at radius 1 is 0.929 bits per heavy atom. The fraction of sp³-hybridized carbons (Fsp3) is 0.182. The first-order chi connectivity index (χ1) is 13.7. The van der Waals surface area contributed by atoms with Gasteiger partial charge >= 0.3 is 0 Å². The number of aromatic nitrogens is 1. The van der Waals surface area contributed by atoms with Crippen molar-refractivity contribution in [1.29, 1.82) is 0 Å². The summed E-state index contributed by atoms with van der Waals surface area (Å²) in [5.74, 6) is 2.10. The fourth-order valence-corrected chi connectivity index (χ4v) is 2.70. The summed E-state index contributed by atoms with van der Waals surface area (Å²) in [5, 5.41) is 6.12. The molecule has 144 valence electrons. The van der Waals surface area contributed by atoms with Gasteiger partial charge in [-0.1, -0.05) is 30.3 Å². The molecule has 0 aliphatic carbocycles. The minimum Gasteiger partial charge on any atom is -0.497 e. The summed E-state index contributed by atoms with van der Waals surface area (Å²) >= 11 is 0. The quantitative estimate of drug-likeness (QED) is 0.627. The van der Waals surface area contributed by atoms with E-state index in [0.29, 0.717) is 24.5 Å². The normalized spacial score (nSPS) is 10.2. The monoisotopic (exact) mass is 377 g/mol. The molecule has 0 atom stereocenters. The third-order valence-electron chi connectivity index (χ3n) is 4.29. The number of carbonyl (C=O) groups excluding carboxylic acids is 1. The van der Waals surface area contributed by atoms with Crippen LogP contribution in [-0.2, 0) is 13.1 Å². The van der Waals surface area contributed by atoms with E-state index in [4.69, 9.17) is 9.47 Å². The Morgan fingerprint density at radius 2 is 1.71 bits per heavy atom. The SMILES string of the molecule is COc1ccc(CNc2ccc(C(=O)NCc3ccccc3OC)cn2)cc1. The lowest BCUT2D eigenvalue weighted by molar-refractivity contribution is 0.0950. The molecule has 0 spiro atoms. The van der Waals surface area contributed by atoms with Crippen molar-refractivity contribution < 1.29 is 14.3 Å². The summed E-state index contributed by atoms with van der Waals surface area (Å²) in [4.78, 5) is 16.7. The van der Waals surface area contributed by atoms with Crippen molar-refractivity contribution in [2.24, 2.45) is 0 Å². The number of rotatable bonds is 8. The highest BCUT2D eigenvalue weighted by Gasteiger charge is 2.08. The number of nitrogens with zero attached hydrogens (tertiary/aromatic N) is 1. The van der Waals surface area contributed by atoms with E-state index in [9.17, 15) is 4.79 Å². The summed E-state index contributed by atoms with van der Waals surface area (Å²) < 4.78 is 10.4. The molecule has 0 fully saturated rings. The van der Waals surface area contributed by atoms with Crippen LogP contribution in [0.5, 0.6) is 11.5 Å². The van der Waals surface area contributed by atoms with Crippen molar-refractivity contribution in [3.05, 3.63) is 83.6 Å². The Morgan fingerprint density at radius 3 is 2.39 bits per heavy atom. The Hall–Kier alpha value is -3.54. The molecule has 0 radical (unpaired) electrons. The molecule has 0 aliphatic heterocycles. The third kappa shape index (κ3) is 5.01. The average molecular weight is 377 g/mol. The van der Waals surface area contributed by atoms with Gasteiger partial charge in [-0.15, -0.1) is 0 Å². The van der Waals surface area contributed by atoms with Gasteiger partial charge in [0.05, 0.1) is 19.8 Å². The number of ether oxygens (including phenoxy) is 2. The van der Waals surface area contributed by atoms with Gasteiger partial charge in [-0.25, -0.2) is 4.98 Å². The van der Waals surface area contributed by atoms with Gasteiger partial charge in [-0.3, -0.25) is 4.79 Å². The minimum atomic E-state index is -0.180. The molecule has 28 heavy (non-hydrogen) atoms.